The Kier molecular flexibility index (Phi) is 10.8. The summed E-state index contributed by atoms with van der Waals surface area (Å²) in [7, 11) is -4.06. The molecule has 1 N–H and O–H groups in total. The van der Waals surface area contributed by atoms with Crippen LogP contribution in [0.5, 0.6) is 0 Å². The molecule has 0 spiro atoms. The molecule has 0 aliphatic carbocycles. The van der Waals surface area contributed by atoms with Crippen LogP contribution in [-0.2, 0) is 16.5 Å². The predicted octanol–water partition coefficient (Wildman–Crippen LogP) is 5.31. The van der Waals surface area contributed by atoms with Gasteiger partial charge in [-0.15, -0.1) is 0 Å². The molecule has 0 amide bonds. The molecule has 1 aromatic heterocycles. The maximum atomic E-state index is 10.9. The van der Waals surface area contributed by atoms with Gasteiger partial charge in [-0.1, -0.05) is 63.6 Å². The van der Waals surface area contributed by atoms with Crippen LogP contribution in [0.4, 0.5) is 0 Å². The Labute approximate surface area is 152 Å². The second-order valence-electron chi connectivity index (χ2n) is 6.01. The van der Waals surface area contributed by atoms with Crippen molar-refractivity contribution in [3.63, 3.8) is 0 Å². The molecule has 0 atom stereocenters. The number of hydrogen-bond acceptors (Lipinski definition) is 3. The van der Waals surface area contributed by atoms with Crippen molar-refractivity contribution in [2.45, 2.75) is 63.2 Å². The molecular formula is C20H29NO3S. The number of aromatic nitrogens is 1. The van der Waals surface area contributed by atoms with Gasteiger partial charge in [-0.2, -0.15) is 8.42 Å². The van der Waals surface area contributed by atoms with Gasteiger partial charge >= 0.3 is 0 Å². The van der Waals surface area contributed by atoms with Crippen molar-refractivity contribution in [3.8, 4) is 0 Å². The van der Waals surface area contributed by atoms with Crippen molar-refractivity contribution >= 4 is 10.1 Å². The first-order chi connectivity index (χ1) is 12.0. The number of aryl methyl sites for hydroxylation is 1. The van der Waals surface area contributed by atoms with Crippen LogP contribution in [0.1, 0.15) is 57.4 Å². The minimum absolute atomic E-state index is 0.0317. The summed E-state index contributed by atoms with van der Waals surface area (Å²) in [6, 6.07) is 12.2. The smallest absolute Gasteiger partial charge is 0.282 e. The van der Waals surface area contributed by atoms with Gasteiger partial charge in [0.2, 0.25) is 0 Å². The van der Waals surface area contributed by atoms with Crippen LogP contribution >= 0.6 is 0 Å². The van der Waals surface area contributed by atoms with Gasteiger partial charge < -0.3 is 0 Å². The average molecular weight is 364 g/mol. The molecule has 5 heteroatoms. The number of unbranched alkanes of at least 4 members (excludes halogenated alkanes) is 6. The number of hydrogen-bond donors (Lipinski definition) is 1. The Balaban J connectivity index is 0.000000435. The Morgan fingerprint density at radius 2 is 1.40 bits per heavy atom. The van der Waals surface area contributed by atoms with Gasteiger partial charge in [0.05, 0.1) is 4.90 Å². The standard InChI is InChI=1S/C15H24O3S.C5H5N/c1-2-3-4-5-6-7-8-9-14-10-12-15(13-11-14)19(16,17)18;1-2-4-6-5-3-1/h10-13H,2-9H2,1H3,(H,16,17,18);1-5H. The van der Waals surface area contributed by atoms with E-state index < -0.39 is 10.1 Å². The first kappa shape index (κ1) is 21.3. The third-order valence-corrected chi connectivity index (χ3v) is 4.72. The number of rotatable bonds is 9. The van der Waals surface area contributed by atoms with E-state index in [4.69, 9.17) is 4.55 Å². The minimum Gasteiger partial charge on any atom is -0.282 e. The van der Waals surface area contributed by atoms with Gasteiger partial charge in [0.25, 0.3) is 10.1 Å². The molecule has 0 unspecified atom stereocenters. The van der Waals surface area contributed by atoms with Crippen molar-refractivity contribution in [3.05, 3.63) is 60.4 Å². The van der Waals surface area contributed by atoms with Gasteiger partial charge in [-0.3, -0.25) is 9.54 Å². The molecule has 0 aliphatic rings. The largest absolute Gasteiger partial charge is 0.294 e. The number of pyridine rings is 1. The molecular weight excluding hydrogens is 334 g/mol. The fourth-order valence-corrected chi connectivity index (χ4v) is 2.91. The zero-order chi connectivity index (χ0) is 18.4. The average Bonchev–Trinajstić information content (AvgIpc) is 2.63. The molecule has 0 radical (unpaired) electrons. The predicted molar refractivity (Wildman–Crippen MR) is 102 cm³/mol. The summed E-state index contributed by atoms with van der Waals surface area (Å²) in [5.41, 5.74) is 1.13. The van der Waals surface area contributed by atoms with Crippen molar-refractivity contribution in [1.29, 1.82) is 0 Å². The van der Waals surface area contributed by atoms with E-state index in [1.807, 2.05) is 18.2 Å². The Bertz CT molecular complexity index is 628. The van der Waals surface area contributed by atoms with Crippen LogP contribution < -0.4 is 0 Å². The van der Waals surface area contributed by atoms with Gasteiger partial charge in [0.1, 0.15) is 0 Å². The van der Waals surface area contributed by atoms with Crippen LogP contribution in [0.25, 0.3) is 0 Å². The van der Waals surface area contributed by atoms with Crippen LogP contribution in [0, 0.1) is 0 Å². The maximum Gasteiger partial charge on any atom is 0.294 e. The van der Waals surface area contributed by atoms with E-state index in [0.29, 0.717) is 0 Å². The zero-order valence-electron chi connectivity index (χ0n) is 15.0. The van der Waals surface area contributed by atoms with Crippen LogP contribution in [0.3, 0.4) is 0 Å². The summed E-state index contributed by atoms with van der Waals surface area (Å²) in [5.74, 6) is 0. The fraction of sp³-hybridized carbons (Fsp3) is 0.450. The highest BCUT2D eigenvalue weighted by Gasteiger charge is 2.07. The highest BCUT2D eigenvalue weighted by molar-refractivity contribution is 7.85. The van der Waals surface area contributed by atoms with E-state index in [1.165, 1.54) is 50.7 Å². The van der Waals surface area contributed by atoms with E-state index in [0.717, 1.165) is 18.4 Å². The molecule has 0 fully saturated rings. The summed E-state index contributed by atoms with van der Waals surface area (Å²) in [6.07, 6.45) is 13.4. The summed E-state index contributed by atoms with van der Waals surface area (Å²) in [6.45, 7) is 2.22. The molecule has 0 saturated heterocycles. The molecule has 2 rings (SSSR count). The van der Waals surface area contributed by atoms with E-state index in [-0.39, 0.29) is 4.90 Å². The second-order valence-corrected chi connectivity index (χ2v) is 7.44. The third kappa shape index (κ3) is 10.7. The first-order valence-corrected chi connectivity index (χ1v) is 10.4. The Morgan fingerprint density at radius 1 is 0.840 bits per heavy atom. The summed E-state index contributed by atoms with van der Waals surface area (Å²) in [5, 5.41) is 0. The zero-order valence-corrected chi connectivity index (χ0v) is 15.8. The molecule has 0 saturated carbocycles. The SMILES string of the molecule is CCCCCCCCCc1ccc(S(=O)(=O)O)cc1.c1ccncc1. The lowest BCUT2D eigenvalue weighted by molar-refractivity contribution is 0.483. The van der Waals surface area contributed by atoms with Crippen molar-refractivity contribution in [2.75, 3.05) is 0 Å². The lowest BCUT2D eigenvalue weighted by Gasteiger charge is -2.03. The third-order valence-electron chi connectivity index (χ3n) is 3.86. The topological polar surface area (TPSA) is 67.3 Å². The van der Waals surface area contributed by atoms with Crippen molar-refractivity contribution in [2.24, 2.45) is 0 Å². The number of nitrogens with zero attached hydrogens (tertiary/aromatic N) is 1. The van der Waals surface area contributed by atoms with Crippen LogP contribution in [0.2, 0.25) is 0 Å². The van der Waals surface area contributed by atoms with Crippen molar-refractivity contribution < 1.29 is 13.0 Å². The lowest BCUT2D eigenvalue weighted by atomic mass is 10.0. The molecule has 25 heavy (non-hydrogen) atoms. The van der Waals surface area contributed by atoms with E-state index in [2.05, 4.69) is 11.9 Å². The van der Waals surface area contributed by atoms with Gasteiger partial charge in [0.15, 0.2) is 0 Å². The molecule has 138 valence electrons. The highest BCUT2D eigenvalue weighted by atomic mass is 32.2. The lowest BCUT2D eigenvalue weighted by Crippen LogP contribution is -1.98. The summed E-state index contributed by atoms with van der Waals surface area (Å²) < 4.78 is 30.6. The van der Waals surface area contributed by atoms with Crippen LogP contribution in [0.15, 0.2) is 59.8 Å². The van der Waals surface area contributed by atoms with E-state index >= 15 is 0 Å². The normalized spacial score (nSPS) is 10.8. The van der Waals surface area contributed by atoms with E-state index in [9.17, 15) is 8.42 Å². The molecule has 0 bridgehead atoms. The first-order valence-electron chi connectivity index (χ1n) is 8.95. The molecule has 1 heterocycles. The fourth-order valence-electron chi connectivity index (χ4n) is 2.43. The van der Waals surface area contributed by atoms with E-state index in [1.54, 1.807) is 24.5 Å². The van der Waals surface area contributed by atoms with Crippen LogP contribution in [-0.4, -0.2) is 18.0 Å². The molecule has 0 aliphatic heterocycles. The van der Waals surface area contributed by atoms with Crippen molar-refractivity contribution in [1.82, 2.24) is 4.98 Å². The maximum absolute atomic E-state index is 10.9. The Morgan fingerprint density at radius 3 is 1.84 bits per heavy atom. The van der Waals surface area contributed by atoms with Gasteiger partial charge in [-0.25, -0.2) is 0 Å². The highest BCUT2D eigenvalue weighted by Crippen LogP contribution is 2.13. The minimum atomic E-state index is -4.06. The number of benzene rings is 1. The van der Waals surface area contributed by atoms with Gasteiger partial charge in [-0.05, 0) is 42.7 Å². The second kappa shape index (κ2) is 12.6. The Hall–Kier alpha value is -1.72. The monoisotopic (exact) mass is 363 g/mol. The van der Waals surface area contributed by atoms with Gasteiger partial charge in [0, 0.05) is 12.4 Å². The molecule has 4 nitrogen and oxygen atoms in total. The summed E-state index contributed by atoms with van der Waals surface area (Å²) >= 11 is 0. The molecule has 1 aromatic carbocycles. The summed E-state index contributed by atoms with van der Waals surface area (Å²) in [4.78, 5) is 3.75. The quantitative estimate of drug-likeness (QED) is 0.484. The molecule has 2 aromatic rings.